The molecule has 0 saturated carbocycles. The largest absolute Gasteiger partial charge is 0.472 e. The average Bonchev–Trinajstić information content (AvgIpc) is 1.06. The molecule has 0 radical (unpaired) electrons. The smallest absolute Gasteiger partial charge is 0.463 e. The third-order valence-electron chi connectivity index (χ3n) is 15.8. The van der Waals surface area contributed by atoms with Gasteiger partial charge in [-0.25, -0.2) is 9.13 Å². The van der Waals surface area contributed by atoms with E-state index >= 15 is 0 Å². The van der Waals surface area contributed by atoms with Crippen LogP contribution in [0.4, 0.5) is 0 Å². The third-order valence-corrected chi connectivity index (χ3v) is 17.7. The van der Waals surface area contributed by atoms with E-state index in [4.69, 9.17) is 32.3 Å². The Labute approximate surface area is 601 Å². The van der Waals surface area contributed by atoms with E-state index in [1.165, 1.54) is 103 Å². The lowest BCUT2D eigenvalue weighted by Gasteiger charge is -2.21. The van der Waals surface area contributed by atoms with Crippen molar-refractivity contribution < 1.29 is 75.8 Å². The molecule has 16 nitrogen and oxygen atoms in total. The van der Waals surface area contributed by atoms with Crippen molar-refractivity contribution in [2.75, 3.05) is 39.6 Å². The van der Waals surface area contributed by atoms with Gasteiger partial charge in [-0.1, -0.05) is 283 Å². The number of carbonyl (C=O) groups excluding carboxylic acids is 3. The fourth-order valence-electron chi connectivity index (χ4n) is 9.97. The maximum Gasteiger partial charge on any atom is 0.472 e. The minimum Gasteiger partial charge on any atom is -0.463 e. The van der Waals surface area contributed by atoms with Crippen LogP contribution in [-0.4, -0.2) is 95.9 Å². The van der Waals surface area contributed by atoms with Crippen LogP contribution in [0.25, 0.3) is 0 Å². The van der Waals surface area contributed by atoms with Gasteiger partial charge in [0, 0.05) is 19.3 Å². The molecule has 568 valence electrons. The highest BCUT2D eigenvalue weighted by Crippen LogP contribution is 2.45. The summed E-state index contributed by atoms with van der Waals surface area (Å²) in [5.41, 5.74) is 0. The number of allylic oxidation sites excluding steroid dienone is 22. The Morgan fingerprint density at radius 3 is 0.899 bits per heavy atom. The lowest BCUT2D eigenvalue weighted by molar-refractivity contribution is -0.161. The molecular weight excluding hydrogens is 1290 g/mol. The van der Waals surface area contributed by atoms with Crippen molar-refractivity contribution in [3.63, 3.8) is 0 Å². The number of unbranched alkanes of at least 4 members (excludes halogenated alkanes) is 27. The molecule has 0 rings (SSSR count). The van der Waals surface area contributed by atoms with E-state index in [1.807, 2.05) is 0 Å². The first-order valence-corrected chi connectivity index (χ1v) is 41.5. The van der Waals surface area contributed by atoms with Gasteiger partial charge in [0.25, 0.3) is 0 Å². The third kappa shape index (κ3) is 74.7. The summed E-state index contributed by atoms with van der Waals surface area (Å²) >= 11 is 0. The quantitative estimate of drug-likeness (QED) is 0.0146. The van der Waals surface area contributed by atoms with Crippen molar-refractivity contribution in [1.29, 1.82) is 0 Å². The number of hydrogen-bond acceptors (Lipinski definition) is 14. The van der Waals surface area contributed by atoms with Crippen molar-refractivity contribution >= 4 is 33.6 Å². The second-order valence-corrected chi connectivity index (χ2v) is 28.3. The first-order chi connectivity index (χ1) is 48.2. The molecule has 0 aliphatic rings. The van der Waals surface area contributed by atoms with Gasteiger partial charge < -0.3 is 34.2 Å². The van der Waals surface area contributed by atoms with E-state index < -0.39 is 91.5 Å². The standard InChI is InChI=1S/C81H138O16P2/c1-4-7-10-13-16-19-22-25-27-29-31-32-33-34-35-36-37-38-39-40-41-42-44-46-47-50-52-55-58-61-64-67-79(84)91-70-76(82)71-93-98(87,88)94-72-77(83)73-95-99(89,90)96-75-78(97-81(86)69-66-63-60-57-54-49-24-21-18-15-12-9-6-3)74-92-80(85)68-65-62-59-56-53-51-48-45-43-30-28-26-23-20-17-14-11-8-5-2/h8,11-12,15-17,19-21,24-28,31-32,34-35,43,45,51,53,76-78,82-83H,4-7,9-10,13-14,18,22-23,29-30,33,36-42,44,46-50,52,54-75H2,1-3H3,(H,87,88)(H,89,90)/b11-8-,15-12-,19-16-,20-17-,24-21-,27-25-,28-26-,32-31-,35-34-,45-43-,53-51-. The zero-order valence-electron chi connectivity index (χ0n) is 61.9. The number of carbonyl (C=O) groups is 3. The summed E-state index contributed by atoms with van der Waals surface area (Å²) in [6, 6.07) is 0. The molecular formula is C81H138O16P2. The summed E-state index contributed by atoms with van der Waals surface area (Å²) < 4.78 is 61.0. The number of esters is 3. The van der Waals surface area contributed by atoms with Gasteiger partial charge in [-0.2, -0.15) is 0 Å². The Kier molecular flexibility index (Phi) is 70.2. The van der Waals surface area contributed by atoms with Crippen molar-refractivity contribution in [3.05, 3.63) is 134 Å². The molecule has 0 saturated heterocycles. The second-order valence-electron chi connectivity index (χ2n) is 25.4. The zero-order valence-corrected chi connectivity index (χ0v) is 63.7. The minimum absolute atomic E-state index is 0.0775. The summed E-state index contributed by atoms with van der Waals surface area (Å²) in [6.07, 6.45) is 88.0. The minimum atomic E-state index is -4.94. The van der Waals surface area contributed by atoms with Gasteiger partial charge in [0.15, 0.2) is 6.10 Å². The molecule has 0 aromatic heterocycles. The predicted octanol–water partition coefficient (Wildman–Crippen LogP) is 22.3. The highest BCUT2D eigenvalue weighted by Gasteiger charge is 2.29. The first-order valence-electron chi connectivity index (χ1n) is 38.5. The second kappa shape index (κ2) is 73.4. The fourth-order valence-corrected chi connectivity index (χ4v) is 11.6. The molecule has 0 spiro atoms. The number of aliphatic hydroxyl groups excluding tert-OH is 2. The SMILES string of the molecule is CC/C=C\C/C=C\C/C=C\C/C=C\C/C=C\CCCCCC(=O)OCC(COP(=O)(O)OCC(O)COP(=O)(O)OCC(O)COC(=O)CCCCCCCCCCCCCCCCC/C=C\C/C=C\C/C=C\C/C=C\CCCCC)OC(=O)CCCCCCC/C=C\C/C=C\CCC. The van der Waals surface area contributed by atoms with Crippen molar-refractivity contribution in [1.82, 2.24) is 0 Å². The Morgan fingerprint density at radius 1 is 0.293 bits per heavy atom. The molecule has 0 aromatic carbocycles. The maximum absolute atomic E-state index is 12.9. The first kappa shape index (κ1) is 94.7. The van der Waals surface area contributed by atoms with Crippen LogP contribution in [0.5, 0.6) is 0 Å². The van der Waals surface area contributed by atoms with E-state index in [0.717, 1.165) is 141 Å². The van der Waals surface area contributed by atoms with E-state index in [9.17, 15) is 43.5 Å². The molecule has 0 aliphatic heterocycles. The van der Waals surface area contributed by atoms with Crippen LogP contribution < -0.4 is 0 Å². The number of ether oxygens (including phenoxy) is 3. The Balaban J connectivity index is 4.47. The summed E-state index contributed by atoms with van der Waals surface area (Å²) in [5, 5.41) is 20.6. The van der Waals surface area contributed by atoms with E-state index in [1.54, 1.807) is 0 Å². The van der Waals surface area contributed by atoms with Crippen LogP contribution in [0.15, 0.2) is 134 Å². The van der Waals surface area contributed by atoms with Crippen LogP contribution in [-0.2, 0) is 55.8 Å². The molecule has 5 unspecified atom stereocenters. The van der Waals surface area contributed by atoms with E-state index in [0.29, 0.717) is 19.3 Å². The summed E-state index contributed by atoms with van der Waals surface area (Å²) in [5.74, 6) is -1.63. The molecule has 0 aliphatic carbocycles. The molecule has 99 heavy (non-hydrogen) atoms. The summed E-state index contributed by atoms with van der Waals surface area (Å²) in [7, 11) is -9.80. The van der Waals surface area contributed by atoms with Gasteiger partial charge in [0.2, 0.25) is 0 Å². The number of rotatable bonds is 72. The average molecular weight is 1430 g/mol. The number of hydrogen-bond donors (Lipinski definition) is 4. The highest BCUT2D eigenvalue weighted by molar-refractivity contribution is 7.47. The normalized spacial score (nSPS) is 14.8. The number of aliphatic hydroxyl groups is 2. The Morgan fingerprint density at radius 2 is 0.556 bits per heavy atom. The van der Waals surface area contributed by atoms with E-state index in [2.05, 4.69) is 154 Å². The topological polar surface area (TPSA) is 231 Å². The zero-order chi connectivity index (χ0) is 72.3. The molecule has 5 atom stereocenters. The van der Waals surface area contributed by atoms with Gasteiger partial charge in [-0.05, 0) is 135 Å². The molecule has 18 heteroatoms. The Hall–Kier alpha value is -4.31. The number of phosphoric acid groups is 2. The van der Waals surface area contributed by atoms with Gasteiger partial charge in [0.05, 0.1) is 26.4 Å². The van der Waals surface area contributed by atoms with Crippen molar-refractivity contribution in [2.24, 2.45) is 0 Å². The van der Waals surface area contributed by atoms with Gasteiger partial charge in [-0.15, -0.1) is 0 Å². The molecule has 0 amide bonds. The lowest BCUT2D eigenvalue weighted by atomic mass is 10.0. The van der Waals surface area contributed by atoms with Crippen LogP contribution in [0.2, 0.25) is 0 Å². The Bertz CT molecular complexity index is 2330. The maximum atomic E-state index is 12.9. The lowest BCUT2D eigenvalue weighted by Crippen LogP contribution is -2.30. The molecule has 0 aromatic rings. The molecule has 0 bridgehead atoms. The van der Waals surface area contributed by atoms with Crippen molar-refractivity contribution in [3.8, 4) is 0 Å². The van der Waals surface area contributed by atoms with Gasteiger partial charge in [-0.3, -0.25) is 32.5 Å². The monoisotopic (exact) mass is 1430 g/mol. The van der Waals surface area contributed by atoms with Crippen LogP contribution >= 0.6 is 15.6 Å². The van der Waals surface area contributed by atoms with Gasteiger partial charge >= 0.3 is 33.6 Å². The van der Waals surface area contributed by atoms with Crippen LogP contribution in [0.3, 0.4) is 0 Å². The summed E-state index contributed by atoms with van der Waals surface area (Å²) in [6.45, 7) is 2.41. The number of phosphoric ester groups is 2. The predicted molar refractivity (Wildman–Crippen MR) is 408 cm³/mol. The molecule has 4 N–H and O–H groups in total. The van der Waals surface area contributed by atoms with Crippen LogP contribution in [0, 0.1) is 0 Å². The van der Waals surface area contributed by atoms with E-state index in [-0.39, 0.29) is 19.3 Å². The summed E-state index contributed by atoms with van der Waals surface area (Å²) in [4.78, 5) is 58.5. The molecule has 0 fully saturated rings. The van der Waals surface area contributed by atoms with Gasteiger partial charge in [0.1, 0.15) is 25.4 Å². The molecule has 0 heterocycles. The van der Waals surface area contributed by atoms with Crippen molar-refractivity contribution in [2.45, 2.75) is 322 Å². The highest BCUT2D eigenvalue weighted by atomic mass is 31.2. The fraction of sp³-hybridized carbons (Fsp3) is 0.691. The van der Waals surface area contributed by atoms with Crippen LogP contribution in [0.1, 0.15) is 303 Å².